The second kappa shape index (κ2) is 5.87. The smallest absolute Gasteiger partial charge is 0.126 e. The fraction of sp³-hybridized carbons (Fsp3) is 0.133. The number of rotatable bonds is 4. The van der Waals surface area contributed by atoms with Crippen LogP contribution in [0, 0.1) is 0 Å². The predicted molar refractivity (Wildman–Crippen MR) is 73.0 cm³/mol. The summed E-state index contributed by atoms with van der Waals surface area (Å²) in [5.41, 5.74) is 3.19. The maximum Gasteiger partial charge on any atom is 0.126 e. The van der Waals surface area contributed by atoms with Crippen LogP contribution in [0.4, 0.5) is 0 Å². The summed E-state index contributed by atoms with van der Waals surface area (Å²) in [4.78, 5) is 4.65. The maximum absolute atomic E-state index is 5.35. The molecular weight excluding hydrogens is 226 g/mol. The van der Waals surface area contributed by atoms with Crippen molar-refractivity contribution in [3.8, 4) is 16.9 Å². The summed E-state index contributed by atoms with van der Waals surface area (Å²) in [7, 11) is 3.21. The number of nitrogens with zero attached hydrogens (tertiary/aromatic N) is 1. The molecular formula is C15H15NO2. The lowest BCUT2D eigenvalue weighted by atomic mass is 10.0. The molecule has 92 valence electrons. The maximum atomic E-state index is 5.35. The first kappa shape index (κ1) is 12.2. The topological polar surface area (TPSA) is 30.8 Å². The average Bonchev–Trinajstić information content (AvgIpc) is 2.45. The number of hydrogen-bond acceptors (Lipinski definition) is 3. The first-order valence-electron chi connectivity index (χ1n) is 5.65. The normalized spacial score (nSPS) is 10.6. The second-order valence-corrected chi connectivity index (χ2v) is 3.74. The van der Waals surface area contributed by atoms with E-state index in [1.807, 2.05) is 48.5 Å². The molecule has 3 heteroatoms. The zero-order valence-electron chi connectivity index (χ0n) is 10.5. The Balaban J connectivity index is 2.31. The number of hydrogen-bond donors (Lipinski definition) is 0. The van der Waals surface area contributed by atoms with Crippen LogP contribution in [0.2, 0.25) is 0 Å². The summed E-state index contributed by atoms with van der Waals surface area (Å²) in [6.07, 6.45) is 1.67. The standard InChI is InChI=1S/C15H15NO2/c1-17-15-6-4-3-5-14(15)13-9-7-12(8-10-13)11-16-18-2/h3-11H,1-2H3. The van der Waals surface area contributed by atoms with Crippen molar-refractivity contribution < 1.29 is 9.57 Å². The molecule has 0 fully saturated rings. The Kier molecular flexibility index (Phi) is 3.97. The van der Waals surface area contributed by atoms with Crippen molar-refractivity contribution in [3.63, 3.8) is 0 Å². The van der Waals surface area contributed by atoms with E-state index in [1.54, 1.807) is 13.3 Å². The summed E-state index contributed by atoms with van der Waals surface area (Å²) in [6.45, 7) is 0. The molecule has 0 aliphatic heterocycles. The molecule has 18 heavy (non-hydrogen) atoms. The number of benzene rings is 2. The molecule has 0 saturated heterocycles. The van der Waals surface area contributed by atoms with Crippen LogP contribution in [0.15, 0.2) is 53.7 Å². The van der Waals surface area contributed by atoms with Gasteiger partial charge in [-0.2, -0.15) is 0 Å². The molecule has 0 heterocycles. The van der Waals surface area contributed by atoms with Gasteiger partial charge in [-0.3, -0.25) is 0 Å². The molecule has 2 aromatic rings. The van der Waals surface area contributed by atoms with E-state index in [2.05, 4.69) is 9.99 Å². The number of para-hydroxylation sites is 1. The second-order valence-electron chi connectivity index (χ2n) is 3.74. The molecule has 0 saturated carbocycles. The molecule has 2 rings (SSSR count). The van der Waals surface area contributed by atoms with Crippen LogP contribution in [0.25, 0.3) is 11.1 Å². The van der Waals surface area contributed by atoms with Gasteiger partial charge in [0.2, 0.25) is 0 Å². The van der Waals surface area contributed by atoms with E-state index in [9.17, 15) is 0 Å². The van der Waals surface area contributed by atoms with Gasteiger partial charge >= 0.3 is 0 Å². The third-order valence-electron chi connectivity index (χ3n) is 2.64. The van der Waals surface area contributed by atoms with Crippen molar-refractivity contribution in [2.24, 2.45) is 5.16 Å². The quantitative estimate of drug-likeness (QED) is 0.607. The zero-order chi connectivity index (χ0) is 12.8. The minimum absolute atomic E-state index is 0.871. The van der Waals surface area contributed by atoms with Gasteiger partial charge in [-0.1, -0.05) is 47.6 Å². The van der Waals surface area contributed by atoms with Crippen LogP contribution in [0.5, 0.6) is 5.75 Å². The highest BCUT2D eigenvalue weighted by Gasteiger charge is 2.03. The van der Waals surface area contributed by atoms with E-state index in [-0.39, 0.29) is 0 Å². The predicted octanol–water partition coefficient (Wildman–Crippen LogP) is 3.34. The van der Waals surface area contributed by atoms with Gasteiger partial charge in [0.05, 0.1) is 13.3 Å². The van der Waals surface area contributed by atoms with Crippen molar-refractivity contribution >= 4 is 6.21 Å². The molecule has 0 bridgehead atoms. The lowest BCUT2D eigenvalue weighted by Gasteiger charge is -2.08. The van der Waals surface area contributed by atoms with E-state index < -0.39 is 0 Å². The summed E-state index contributed by atoms with van der Waals surface area (Å²) in [5, 5.41) is 3.73. The van der Waals surface area contributed by atoms with E-state index >= 15 is 0 Å². The molecule has 0 radical (unpaired) electrons. The highest BCUT2D eigenvalue weighted by Crippen LogP contribution is 2.29. The Labute approximate surface area is 107 Å². The molecule has 0 N–H and O–H groups in total. The first-order valence-corrected chi connectivity index (χ1v) is 5.65. The van der Waals surface area contributed by atoms with Crippen molar-refractivity contribution in [1.82, 2.24) is 0 Å². The van der Waals surface area contributed by atoms with Crippen LogP contribution in [-0.4, -0.2) is 20.4 Å². The summed E-state index contributed by atoms with van der Waals surface area (Å²) in [5.74, 6) is 0.871. The molecule has 0 aromatic heterocycles. The largest absolute Gasteiger partial charge is 0.496 e. The molecule has 0 atom stereocenters. The highest BCUT2D eigenvalue weighted by atomic mass is 16.6. The number of ether oxygens (including phenoxy) is 1. The van der Waals surface area contributed by atoms with Gasteiger partial charge in [0.15, 0.2) is 0 Å². The van der Waals surface area contributed by atoms with Crippen LogP contribution in [0.3, 0.4) is 0 Å². The lowest BCUT2D eigenvalue weighted by molar-refractivity contribution is 0.215. The average molecular weight is 241 g/mol. The summed E-state index contributed by atoms with van der Waals surface area (Å²) < 4.78 is 5.35. The molecule has 0 unspecified atom stereocenters. The third kappa shape index (κ3) is 2.69. The molecule has 0 aliphatic carbocycles. The molecule has 0 spiro atoms. The molecule has 2 aromatic carbocycles. The van der Waals surface area contributed by atoms with E-state index in [0.29, 0.717) is 0 Å². The Morgan fingerprint density at radius 3 is 2.33 bits per heavy atom. The van der Waals surface area contributed by atoms with Gasteiger partial charge in [-0.25, -0.2) is 0 Å². The summed E-state index contributed by atoms with van der Waals surface area (Å²) >= 11 is 0. The Morgan fingerprint density at radius 2 is 1.67 bits per heavy atom. The zero-order valence-corrected chi connectivity index (χ0v) is 10.5. The minimum atomic E-state index is 0.871. The Morgan fingerprint density at radius 1 is 0.944 bits per heavy atom. The Bertz CT molecular complexity index is 532. The SMILES string of the molecule is CON=Cc1ccc(-c2ccccc2OC)cc1. The third-order valence-corrected chi connectivity index (χ3v) is 2.64. The van der Waals surface area contributed by atoms with E-state index in [0.717, 1.165) is 22.4 Å². The minimum Gasteiger partial charge on any atom is -0.496 e. The molecule has 3 nitrogen and oxygen atoms in total. The van der Waals surface area contributed by atoms with Crippen LogP contribution in [0.1, 0.15) is 5.56 Å². The first-order chi connectivity index (χ1) is 8.85. The van der Waals surface area contributed by atoms with E-state index in [1.165, 1.54) is 7.11 Å². The molecule has 0 aliphatic rings. The van der Waals surface area contributed by atoms with Gasteiger partial charge in [0.25, 0.3) is 0 Å². The highest BCUT2D eigenvalue weighted by molar-refractivity contribution is 5.81. The fourth-order valence-corrected chi connectivity index (χ4v) is 1.75. The monoisotopic (exact) mass is 241 g/mol. The Hall–Kier alpha value is -2.29. The van der Waals surface area contributed by atoms with Crippen molar-refractivity contribution in [2.45, 2.75) is 0 Å². The molecule has 0 amide bonds. The lowest BCUT2D eigenvalue weighted by Crippen LogP contribution is -1.88. The summed E-state index contributed by atoms with van der Waals surface area (Å²) in [6, 6.07) is 16.0. The van der Waals surface area contributed by atoms with Gasteiger partial charge in [0, 0.05) is 5.56 Å². The van der Waals surface area contributed by atoms with Gasteiger partial charge < -0.3 is 9.57 Å². The van der Waals surface area contributed by atoms with Gasteiger partial charge in [-0.05, 0) is 17.2 Å². The van der Waals surface area contributed by atoms with Crippen LogP contribution < -0.4 is 4.74 Å². The van der Waals surface area contributed by atoms with E-state index in [4.69, 9.17) is 4.74 Å². The van der Waals surface area contributed by atoms with Gasteiger partial charge in [-0.15, -0.1) is 0 Å². The number of methoxy groups -OCH3 is 1. The van der Waals surface area contributed by atoms with Crippen LogP contribution in [-0.2, 0) is 4.84 Å². The van der Waals surface area contributed by atoms with Crippen molar-refractivity contribution in [3.05, 3.63) is 54.1 Å². The fourth-order valence-electron chi connectivity index (χ4n) is 1.75. The van der Waals surface area contributed by atoms with Crippen molar-refractivity contribution in [2.75, 3.05) is 14.2 Å². The number of oxime groups is 1. The van der Waals surface area contributed by atoms with Crippen LogP contribution >= 0.6 is 0 Å². The van der Waals surface area contributed by atoms with Gasteiger partial charge in [0.1, 0.15) is 12.9 Å². The van der Waals surface area contributed by atoms with Crippen molar-refractivity contribution in [1.29, 1.82) is 0 Å².